The molecule has 0 saturated carbocycles. The summed E-state index contributed by atoms with van der Waals surface area (Å²) in [6.45, 7) is 3.86. The van der Waals surface area contributed by atoms with Crippen LogP contribution in [-0.2, 0) is 24.0 Å². The van der Waals surface area contributed by atoms with Gasteiger partial charge in [-0.15, -0.1) is 11.3 Å². The highest BCUT2D eigenvalue weighted by Crippen LogP contribution is 2.34. The molecule has 0 radical (unpaired) electrons. The quantitative estimate of drug-likeness (QED) is 0.464. The summed E-state index contributed by atoms with van der Waals surface area (Å²) in [4.78, 5) is 11.1. The fourth-order valence-electron chi connectivity index (χ4n) is 4.22. The van der Waals surface area contributed by atoms with Crippen LogP contribution in [0.1, 0.15) is 61.0 Å². The van der Waals surface area contributed by atoms with Crippen LogP contribution in [0.3, 0.4) is 0 Å². The molecule has 1 aromatic rings. The van der Waals surface area contributed by atoms with Crippen molar-refractivity contribution in [2.75, 3.05) is 13.1 Å². The largest absolute Gasteiger partial charge is 0.373 e. The molecule has 3 heterocycles. The van der Waals surface area contributed by atoms with Crippen molar-refractivity contribution in [1.29, 1.82) is 0 Å². The number of aryl methyl sites for hydroxylation is 3. The zero-order chi connectivity index (χ0) is 17.1. The Morgan fingerprint density at radius 2 is 2.24 bits per heavy atom. The number of fused-ring (bicyclic) bond motifs is 3. The van der Waals surface area contributed by atoms with Crippen molar-refractivity contribution in [3.63, 3.8) is 0 Å². The highest BCUT2D eigenvalue weighted by Gasteiger charge is 2.41. The zero-order valence-corrected chi connectivity index (χ0v) is 16.0. The van der Waals surface area contributed by atoms with E-state index in [1.54, 1.807) is 0 Å². The third kappa shape index (κ3) is 4.17. The molecule has 4 rings (SSSR count). The summed E-state index contributed by atoms with van der Waals surface area (Å²) in [5, 5.41) is 8.27. The van der Waals surface area contributed by atoms with Crippen molar-refractivity contribution in [2.24, 2.45) is 4.99 Å². The lowest BCUT2D eigenvalue weighted by molar-refractivity contribution is 0.0992. The molecule has 6 heteroatoms. The molecule has 138 valence electrons. The molecule has 0 amide bonds. The Kier molecular flexibility index (Phi) is 5.56. The fourth-order valence-corrected chi connectivity index (χ4v) is 5.42. The number of nitrogens with zero attached hydrogens (tertiary/aromatic N) is 2. The van der Waals surface area contributed by atoms with Gasteiger partial charge in [0.15, 0.2) is 5.96 Å². The van der Waals surface area contributed by atoms with Crippen LogP contribution >= 0.6 is 11.3 Å². The van der Waals surface area contributed by atoms with E-state index >= 15 is 0 Å². The number of aliphatic imine (C=N–C) groups is 1. The van der Waals surface area contributed by atoms with Gasteiger partial charge < -0.3 is 15.4 Å². The number of ether oxygens (including phenoxy) is 1. The van der Waals surface area contributed by atoms with Crippen LogP contribution in [0.5, 0.6) is 0 Å². The molecule has 2 N–H and O–H groups in total. The molecule has 5 nitrogen and oxygen atoms in total. The molecular formula is C19H30N4OS. The van der Waals surface area contributed by atoms with Gasteiger partial charge >= 0.3 is 0 Å². The third-order valence-corrected chi connectivity index (χ3v) is 6.70. The lowest BCUT2D eigenvalue weighted by atomic mass is 9.96. The third-order valence-electron chi connectivity index (χ3n) is 5.48. The number of guanidine groups is 1. The molecule has 2 fully saturated rings. The summed E-state index contributed by atoms with van der Waals surface area (Å²) < 4.78 is 5.94. The van der Waals surface area contributed by atoms with Gasteiger partial charge in [-0.25, -0.2) is 4.98 Å². The summed E-state index contributed by atoms with van der Waals surface area (Å²) in [6.07, 6.45) is 11.6. The minimum Gasteiger partial charge on any atom is -0.373 e. The van der Waals surface area contributed by atoms with E-state index in [4.69, 9.17) is 14.7 Å². The molecule has 25 heavy (non-hydrogen) atoms. The maximum Gasteiger partial charge on any atom is 0.191 e. The van der Waals surface area contributed by atoms with Gasteiger partial charge in [0.05, 0.1) is 29.0 Å². The van der Waals surface area contributed by atoms with Crippen LogP contribution in [0.25, 0.3) is 0 Å². The molecule has 1 aromatic heterocycles. The minimum absolute atomic E-state index is 0.385. The highest BCUT2D eigenvalue weighted by molar-refractivity contribution is 7.11. The first-order chi connectivity index (χ1) is 12.3. The summed E-state index contributed by atoms with van der Waals surface area (Å²) >= 11 is 1.93. The SMILES string of the molecule is CCNC(=NCCCc1nc2c(s1)CCCC2)NC1CC2CCC1O2. The van der Waals surface area contributed by atoms with E-state index in [0.717, 1.165) is 38.3 Å². The molecule has 3 unspecified atom stereocenters. The molecule has 0 aromatic carbocycles. The van der Waals surface area contributed by atoms with Crippen LogP contribution in [-0.4, -0.2) is 42.3 Å². The Morgan fingerprint density at radius 3 is 3.00 bits per heavy atom. The molecule has 0 spiro atoms. The average Bonchev–Trinajstić information content (AvgIpc) is 3.33. The Balaban J connectivity index is 1.26. The monoisotopic (exact) mass is 362 g/mol. The Labute approximate surface area is 154 Å². The Hall–Kier alpha value is -1.14. The smallest absolute Gasteiger partial charge is 0.191 e. The number of nitrogens with one attached hydrogen (secondary N) is 2. The van der Waals surface area contributed by atoms with E-state index < -0.39 is 0 Å². The Bertz CT molecular complexity index is 591. The predicted octanol–water partition coefficient (Wildman–Crippen LogP) is 2.83. The lowest BCUT2D eigenvalue weighted by Gasteiger charge is -2.22. The molecule has 3 aliphatic rings. The van der Waals surface area contributed by atoms with E-state index in [1.165, 1.54) is 54.1 Å². The van der Waals surface area contributed by atoms with Gasteiger partial charge in [0.25, 0.3) is 0 Å². The van der Waals surface area contributed by atoms with Gasteiger partial charge in [0, 0.05) is 24.4 Å². The maximum absolute atomic E-state index is 5.94. The zero-order valence-electron chi connectivity index (χ0n) is 15.2. The first-order valence-corrected chi connectivity index (χ1v) is 10.8. The van der Waals surface area contributed by atoms with Crippen molar-refractivity contribution in [1.82, 2.24) is 15.6 Å². The van der Waals surface area contributed by atoms with Crippen molar-refractivity contribution >= 4 is 17.3 Å². The maximum atomic E-state index is 5.94. The topological polar surface area (TPSA) is 58.5 Å². The fraction of sp³-hybridized carbons (Fsp3) is 0.789. The second kappa shape index (κ2) is 8.04. The normalized spacial score (nSPS) is 28.2. The van der Waals surface area contributed by atoms with E-state index in [1.807, 2.05) is 11.3 Å². The number of hydrogen-bond acceptors (Lipinski definition) is 4. The van der Waals surface area contributed by atoms with Gasteiger partial charge in [-0.2, -0.15) is 0 Å². The number of hydrogen-bond donors (Lipinski definition) is 2. The van der Waals surface area contributed by atoms with Gasteiger partial charge in [0.2, 0.25) is 0 Å². The van der Waals surface area contributed by atoms with Gasteiger partial charge in [-0.1, -0.05) is 0 Å². The van der Waals surface area contributed by atoms with Crippen molar-refractivity contribution < 1.29 is 4.74 Å². The predicted molar refractivity (Wildman–Crippen MR) is 102 cm³/mol. The lowest BCUT2D eigenvalue weighted by Crippen LogP contribution is -2.47. The van der Waals surface area contributed by atoms with E-state index in [0.29, 0.717) is 18.2 Å². The number of rotatable bonds is 6. The van der Waals surface area contributed by atoms with Crippen molar-refractivity contribution in [3.05, 3.63) is 15.6 Å². The molecule has 2 aliphatic heterocycles. The molecule has 2 bridgehead atoms. The molecule has 3 atom stereocenters. The minimum atomic E-state index is 0.385. The van der Waals surface area contributed by atoms with Gasteiger partial charge in [0.1, 0.15) is 0 Å². The van der Waals surface area contributed by atoms with Gasteiger partial charge in [-0.05, 0) is 58.3 Å². The highest BCUT2D eigenvalue weighted by atomic mass is 32.1. The standard InChI is InChI=1S/C19H30N4OS/c1-2-20-19(23-15-12-13-9-10-16(15)24-13)21-11-5-8-18-22-14-6-3-4-7-17(14)25-18/h13,15-16H,2-12H2,1H3,(H2,20,21,23). The van der Waals surface area contributed by atoms with Crippen LogP contribution < -0.4 is 10.6 Å². The second-order valence-corrected chi connectivity index (χ2v) is 8.58. The first-order valence-electron chi connectivity index (χ1n) is 9.99. The van der Waals surface area contributed by atoms with E-state index in [9.17, 15) is 0 Å². The van der Waals surface area contributed by atoms with Crippen LogP contribution in [0.2, 0.25) is 0 Å². The Morgan fingerprint density at radius 1 is 1.32 bits per heavy atom. The summed E-state index contributed by atoms with van der Waals surface area (Å²) in [6, 6.07) is 0.433. The summed E-state index contributed by atoms with van der Waals surface area (Å²) in [5.74, 6) is 0.946. The molecule has 2 saturated heterocycles. The second-order valence-electron chi connectivity index (χ2n) is 7.41. The first kappa shape index (κ1) is 17.3. The summed E-state index contributed by atoms with van der Waals surface area (Å²) in [7, 11) is 0. The van der Waals surface area contributed by atoms with Crippen LogP contribution in [0.4, 0.5) is 0 Å². The van der Waals surface area contributed by atoms with E-state index in [-0.39, 0.29) is 0 Å². The number of thiazole rings is 1. The summed E-state index contributed by atoms with van der Waals surface area (Å²) in [5.41, 5.74) is 1.38. The van der Waals surface area contributed by atoms with Crippen molar-refractivity contribution in [3.8, 4) is 0 Å². The van der Waals surface area contributed by atoms with E-state index in [2.05, 4.69) is 17.6 Å². The van der Waals surface area contributed by atoms with Crippen LogP contribution in [0.15, 0.2) is 4.99 Å². The van der Waals surface area contributed by atoms with Crippen LogP contribution in [0, 0.1) is 0 Å². The van der Waals surface area contributed by atoms with Crippen molar-refractivity contribution in [2.45, 2.75) is 83.0 Å². The number of aromatic nitrogens is 1. The molecule has 1 aliphatic carbocycles. The molecular weight excluding hydrogens is 332 g/mol. The van der Waals surface area contributed by atoms with Gasteiger partial charge in [-0.3, -0.25) is 4.99 Å². The average molecular weight is 363 g/mol.